The van der Waals surface area contributed by atoms with E-state index in [2.05, 4.69) is 22.6 Å². The van der Waals surface area contributed by atoms with Crippen molar-refractivity contribution in [2.75, 3.05) is 32.8 Å². The molecule has 6 heteroatoms. The van der Waals surface area contributed by atoms with Gasteiger partial charge in [-0.05, 0) is 48.6 Å². The molecule has 0 spiro atoms. The van der Waals surface area contributed by atoms with Crippen LogP contribution >= 0.6 is 22.6 Å². The van der Waals surface area contributed by atoms with Gasteiger partial charge in [0.1, 0.15) is 0 Å². The standard InChI is InChI=1S/C15H19IN2O3/c1-3-21-15(20)18-8-6-17(7-9-18)14(19)12-5-4-11(2)10-13(12)16/h4-5,10H,3,6-9H2,1-2H3. The molecule has 1 fully saturated rings. The molecule has 1 aromatic rings. The summed E-state index contributed by atoms with van der Waals surface area (Å²) in [5.74, 6) is 0.0305. The number of ether oxygens (including phenoxy) is 1. The van der Waals surface area contributed by atoms with E-state index in [4.69, 9.17) is 4.74 Å². The van der Waals surface area contributed by atoms with E-state index in [0.717, 1.165) is 14.7 Å². The van der Waals surface area contributed by atoms with E-state index in [1.165, 1.54) is 0 Å². The summed E-state index contributed by atoms with van der Waals surface area (Å²) in [6.45, 7) is 6.30. The lowest BCUT2D eigenvalue weighted by Crippen LogP contribution is -2.50. The predicted octanol–water partition coefficient (Wildman–Crippen LogP) is 2.51. The summed E-state index contributed by atoms with van der Waals surface area (Å²) in [6, 6.07) is 5.82. The average molecular weight is 402 g/mol. The zero-order valence-electron chi connectivity index (χ0n) is 12.3. The van der Waals surface area contributed by atoms with Crippen molar-refractivity contribution >= 4 is 34.6 Å². The Hall–Kier alpha value is -1.31. The zero-order chi connectivity index (χ0) is 15.4. The van der Waals surface area contributed by atoms with Crippen LogP contribution in [0, 0.1) is 10.5 Å². The molecule has 1 saturated heterocycles. The van der Waals surface area contributed by atoms with Crippen LogP contribution in [-0.2, 0) is 4.74 Å². The SMILES string of the molecule is CCOC(=O)N1CCN(C(=O)c2ccc(C)cc2I)CC1. The molecule has 1 aliphatic rings. The molecule has 0 N–H and O–H groups in total. The third-order valence-electron chi connectivity index (χ3n) is 3.45. The molecule has 2 amide bonds. The van der Waals surface area contributed by atoms with E-state index in [1.54, 1.807) is 16.7 Å². The zero-order valence-corrected chi connectivity index (χ0v) is 14.4. The lowest BCUT2D eigenvalue weighted by Gasteiger charge is -2.34. The fourth-order valence-corrected chi connectivity index (χ4v) is 3.17. The molecule has 114 valence electrons. The highest BCUT2D eigenvalue weighted by Crippen LogP contribution is 2.17. The van der Waals surface area contributed by atoms with Crippen LogP contribution < -0.4 is 0 Å². The molecule has 1 heterocycles. The summed E-state index contributed by atoms with van der Waals surface area (Å²) in [5.41, 5.74) is 1.87. The molecular weight excluding hydrogens is 383 g/mol. The molecule has 5 nitrogen and oxygen atoms in total. The average Bonchev–Trinajstić information content (AvgIpc) is 2.47. The van der Waals surface area contributed by atoms with Crippen molar-refractivity contribution in [3.05, 3.63) is 32.9 Å². The number of hydrogen-bond acceptors (Lipinski definition) is 3. The van der Waals surface area contributed by atoms with Crippen LogP contribution in [0.5, 0.6) is 0 Å². The summed E-state index contributed by atoms with van der Waals surface area (Å²) in [7, 11) is 0. The maximum atomic E-state index is 12.5. The fourth-order valence-electron chi connectivity index (χ4n) is 2.27. The van der Waals surface area contributed by atoms with Crippen LogP contribution in [0.3, 0.4) is 0 Å². The number of aryl methyl sites for hydroxylation is 1. The Balaban J connectivity index is 1.98. The lowest BCUT2D eigenvalue weighted by atomic mass is 10.1. The number of rotatable bonds is 2. The van der Waals surface area contributed by atoms with Gasteiger partial charge in [-0.15, -0.1) is 0 Å². The van der Waals surface area contributed by atoms with Crippen molar-refractivity contribution in [2.24, 2.45) is 0 Å². The molecule has 0 aliphatic carbocycles. The highest BCUT2D eigenvalue weighted by atomic mass is 127. The molecule has 1 aliphatic heterocycles. The number of carbonyl (C=O) groups excluding carboxylic acids is 2. The van der Waals surface area contributed by atoms with Gasteiger partial charge in [0.15, 0.2) is 0 Å². The molecule has 0 radical (unpaired) electrons. The van der Waals surface area contributed by atoms with E-state index in [0.29, 0.717) is 32.8 Å². The number of piperazine rings is 1. The van der Waals surface area contributed by atoms with Gasteiger partial charge in [0.25, 0.3) is 5.91 Å². The maximum Gasteiger partial charge on any atom is 0.409 e. The van der Waals surface area contributed by atoms with Gasteiger partial charge in [-0.1, -0.05) is 11.6 Å². The number of nitrogens with zero attached hydrogens (tertiary/aromatic N) is 2. The first-order valence-electron chi connectivity index (χ1n) is 7.00. The van der Waals surface area contributed by atoms with Crippen LogP contribution in [-0.4, -0.2) is 54.6 Å². The van der Waals surface area contributed by atoms with Crippen molar-refractivity contribution in [3.63, 3.8) is 0 Å². The number of halogens is 1. The summed E-state index contributed by atoms with van der Waals surface area (Å²) >= 11 is 2.19. The Morgan fingerprint density at radius 1 is 1.19 bits per heavy atom. The molecule has 0 bridgehead atoms. The minimum atomic E-state index is -0.297. The van der Waals surface area contributed by atoms with Crippen LogP contribution in [0.2, 0.25) is 0 Å². The minimum absolute atomic E-state index is 0.0305. The van der Waals surface area contributed by atoms with E-state index in [9.17, 15) is 9.59 Å². The van der Waals surface area contributed by atoms with Gasteiger partial charge in [-0.2, -0.15) is 0 Å². The normalized spacial score (nSPS) is 15.0. The van der Waals surface area contributed by atoms with Gasteiger partial charge in [0, 0.05) is 29.7 Å². The minimum Gasteiger partial charge on any atom is -0.450 e. The predicted molar refractivity (Wildman–Crippen MR) is 88.4 cm³/mol. The van der Waals surface area contributed by atoms with E-state index in [1.807, 2.05) is 25.1 Å². The van der Waals surface area contributed by atoms with Gasteiger partial charge in [0.05, 0.1) is 12.2 Å². The monoisotopic (exact) mass is 402 g/mol. The number of hydrogen-bond donors (Lipinski definition) is 0. The molecule has 0 aromatic heterocycles. The molecular formula is C15H19IN2O3. The Kier molecular flexibility index (Phi) is 5.44. The van der Waals surface area contributed by atoms with Crippen LogP contribution in [0.25, 0.3) is 0 Å². The summed E-state index contributed by atoms with van der Waals surface area (Å²) in [5, 5.41) is 0. The van der Waals surface area contributed by atoms with Gasteiger partial charge >= 0.3 is 6.09 Å². The van der Waals surface area contributed by atoms with Crippen molar-refractivity contribution in [1.82, 2.24) is 9.80 Å². The summed E-state index contributed by atoms with van der Waals surface area (Å²) in [4.78, 5) is 27.6. The topological polar surface area (TPSA) is 49.9 Å². The molecule has 0 unspecified atom stereocenters. The molecule has 0 saturated carbocycles. The highest BCUT2D eigenvalue weighted by Gasteiger charge is 2.26. The van der Waals surface area contributed by atoms with Crippen molar-refractivity contribution in [2.45, 2.75) is 13.8 Å². The molecule has 0 atom stereocenters. The van der Waals surface area contributed by atoms with Crippen molar-refractivity contribution in [1.29, 1.82) is 0 Å². The van der Waals surface area contributed by atoms with Crippen LogP contribution in [0.15, 0.2) is 18.2 Å². The van der Waals surface area contributed by atoms with E-state index in [-0.39, 0.29) is 12.0 Å². The second kappa shape index (κ2) is 7.11. The van der Waals surface area contributed by atoms with Crippen LogP contribution in [0.1, 0.15) is 22.8 Å². The third kappa shape index (κ3) is 3.87. The summed E-state index contributed by atoms with van der Waals surface area (Å²) < 4.78 is 5.94. The largest absolute Gasteiger partial charge is 0.450 e. The van der Waals surface area contributed by atoms with Crippen LogP contribution in [0.4, 0.5) is 4.79 Å². The quantitative estimate of drug-likeness (QED) is 0.715. The van der Waals surface area contributed by atoms with Gasteiger partial charge in [-0.3, -0.25) is 4.79 Å². The Morgan fingerprint density at radius 3 is 2.38 bits per heavy atom. The third-order valence-corrected chi connectivity index (χ3v) is 4.34. The Bertz CT molecular complexity index is 540. The lowest BCUT2D eigenvalue weighted by molar-refractivity contribution is 0.0569. The number of amides is 2. The molecule has 2 rings (SSSR count). The first-order valence-corrected chi connectivity index (χ1v) is 8.08. The van der Waals surface area contributed by atoms with Crippen molar-refractivity contribution in [3.8, 4) is 0 Å². The van der Waals surface area contributed by atoms with Gasteiger partial charge < -0.3 is 14.5 Å². The number of benzene rings is 1. The highest BCUT2D eigenvalue weighted by molar-refractivity contribution is 14.1. The summed E-state index contributed by atoms with van der Waals surface area (Å²) in [6.07, 6.45) is -0.297. The second-order valence-electron chi connectivity index (χ2n) is 4.96. The van der Waals surface area contributed by atoms with E-state index < -0.39 is 0 Å². The van der Waals surface area contributed by atoms with E-state index >= 15 is 0 Å². The van der Waals surface area contributed by atoms with Gasteiger partial charge in [-0.25, -0.2) is 4.79 Å². The first-order chi connectivity index (χ1) is 10.0. The van der Waals surface area contributed by atoms with Gasteiger partial charge in [0.2, 0.25) is 0 Å². The number of carbonyl (C=O) groups is 2. The smallest absolute Gasteiger partial charge is 0.409 e. The Morgan fingerprint density at radius 2 is 1.81 bits per heavy atom. The fraction of sp³-hybridized carbons (Fsp3) is 0.467. The van der Waals surface area contributed by atoms with Crippen molar-refractivity contribution < 1.29 is 14.3 Å². The molecule has 21 heavy (non-hydrogen) atoms. The first kappa shape index (κ1) is 16.1. The molecule has 1 aromatic carbocycles. The second-order valence-corrected chi connectivity index (χ2v) is 6.12. The Labute approximate surface area is 138 Å². The maximum absolute atomic E-state index is 12.5.